The number of likely N-dealkylation sites (tertiary alicyclic amines) is 1. The highest BCUT2D eigenvalue weighted by Crippen LogP contribution is 2.28. The molecule has 1 aliphatic heterocycles. The highest BCUT2D eigenvalue weighted by Gasteiger charge is 2.23. The number of nitrogens with zero attached hydrogens (tertiary/aromatic N) is 3. The molecule has 2 aromatic carbocycles. The Morgan fingerprint density at radius 2 is 1.91 bits per heavy atom. The fraction of sp³-hybridized carbons (Fsp3) is 0.333. The van der Waals surface area contributed by atoms with Gasteiger partial charge in [0.05, 0.1) is 16.0 Å². The second kappa shape index (κ2) is 9.35. The Hall–Kier alpha value is -3.19. The standard InChI is InChI=1S/C24H27N5O3S/c1-4-17-13-18-15-26-24(27-19-5-7-21(8-6-19)33(25,30)31)28-22(18)14-23(17)32-20-9-11-29(12-10-20)16(2)3/h1,5-8,13-16,20H,9-12H2,2-3H3,(H2,25,30,31)(H,26,27,28). The number of nitrogens with two attached hydrogens (primary N) is 1. The van der Waals surface area contributed by atoms with Crippen LogP contribution < -0.4 is 15.2 Å². The summed E-state index contributed by atoms with van der Waals surface area (Å²) in [5, 5.41) is 9.03. The van der Waals surface area contributed by atoms with Gasteiger partial charge < -0.3 is 15.0 Å². The number of terminal acetylenes is 1. The van der Waals surface area contributed by atoms with Gasteiger partial charge in [0.2, 0.25) is 16.0 Å². The number of rotatable bonds is 6. The van der Waals surface area contributed by atoms with Gasteiger partial charge in [-0.05, 0) is 57.0 Å². The second-order valence-electron chi connectivity index (χ2n) is 8.39. The summed E-state index contributed by atoms with van der Waals surface area (Å²) >= 11 is 0. The van der Waals surface area contributed by atoms with Gasteiger partial charge >= 0.3 is 0 Å². The molecule has 33 heavy (non-hydrogen) atoms. The average Bonchev–Trinajstić information content (AvgIpc) is 2.78. The highest BCUT2D eigenvalue weighted by molar-refractivity contribution is 7.89. The maximum atomic E-state index is 11.4. The normalized spacial score (nSPS) is 15.5. The Balaban J connectivity index is 1.54. The molecule has 0 spiro atoms. The summed E-state index contributed by atoms with van der Waals surface area (Å²) < 4.78 is 29.2. The first-order chi connectivity index (χ1) is 15.7. The predicted molar refractivity (Wildman–Crippen MR) is 129 cm³/mol. The zero-order chi connectivity index (χ0) is 23.6. The van der Waals surface area contributed by atoms with E-state index in [4.69, 9.17) is 16.3 Å². The van der Waals surface area contributed by atoms with E-state index in [1.54, 1.807) is 18.3 Å². The molecular weight excluding hydrogens is 438 g/mol. The largest absolute Gasteiger partial charge is 0.489 e. The first-order valence-electron chi connectivity index (χ1n) is 10.8. The number of hydrogen-bond donors (Lipinski definition) is 2. The van der Waals surface area contributed by atoms with Gasteiger partial charge in [0.25, 0.3) is 0 Å². The summed E-state index contributed by atoms with van der Waals surface area (Å²) in [6.45, 7) is 6.42. The topological polar surface area (TPSA) is 110 Å². The lowest BCUT2D eigenvalue weighted by atomic mass is 10.1. The van der Waals surface area contributed by atoms with Gasteiger partial charge in [-0.25, -0.2) is 23.5 Å². The first-order valence-corrected chi connectivity index (χ1v) is 12.4. The van der Waals surface area contributed by atoms with Crippen molar-refractivity contribution in [2.24, 2.45) is 5.14 Å². The Bertz CT molecular complexity index is 1290. The fourth-order valence-corrected chi connectivity index (χ4v) is 4.39. The van der Waals surface area contributed by atoms with Crippen LogP contribution in [0.4, 0.5) is 11.6 Å². The predicted octanol–water partition coefficient (Wildman–Crippen LogP) is 3.25. The molecule has 0 atom stereocenters. The molecule has 0 aliphatic carbocycles. The minimum Gasteiger partial charge on any atom is -0.489 e. The number of nitrogens with one attached hydrogen (secondary N) is 1. The van der Waals surface area contributed by atoms with Crippen molar-refractivity contribution in [3.63, 3.8) is 0 Å². The molecule has 9 heteroatoms. The van der Waals surface area contributed by atoms with Gasteiger partial charge in [-0.15, -0.1) is 6.42 Å². The third-order valence-electron chi connectivity index (χ3n) is 5.78. The first kappa shape index (κ1) is 23.0. The number of benzene rings is 2. The smallest absolute Gasteiger partial charge is 0.238 e. The van der Waals surface area contributed by atoms with Crippen LogP contribution in [0.5, 0.6) is 5.75 Å². The lowest BCUT2D eigenvalue weighted by Gasteiger charge is -2.34. The van der Waals surface area contributed by atoms with Crippen molar-refractivity contribution in [2.75, 3.05) is 18.4 Å². The van der Waals surface area contributed by atoms with Crippen LogP contribution in [0, 0.1) is 12.3 Å². The second-order valence-corrected chi connectivity index (χ2v) is 9.95. The summed E-state index contributed by atoms with van der Waals surface area (Å²) in [7, 11) is -3.74. The molecule has 1 fully saturated rings. The number of sulfonamides is 1. The molecule has 1 saturated heterocycles. The summed E-state index contributed by atoms with van der Waals surface area (Å²) in [4.78, 5) is 11.4. The lowest BCUT2D eigenvalue weighted by Crippen LogP contribution is -2.41. The molecule has 3 aromatic rings. The number of ether oxygens (including phenoxy) is 1. The molecular formula is C24H27N5O3S. The Morgan fingerprint density at radius 1 is 1.21 bits per heavy atom. The molecule has 0 amide bonds. The molecule has 4 rings (SSSR count). The van der Waals surface area contributed by atoms with Crippen LogP contribution in [0.25, 0.3) is 10.9 Å². The van der Waals surface area contributed by atoms with E-state index in [2.05, 4.69) is 40.0 Å². The van der Waals surface area contributed by atoms with E-state index < -0.39 is 10.0 Å². The monoisotopic (exact) mass is 465 g/mol. The van der Waals surface area contributed by atoms with Crippen molar-refractivity contribution in [1.29, 1.82) is 0 Å². The Kier molecular flexibility index (Phi) is 6.51. The van der Waals surface area contributed by atoms with Crippen LogP contribution in [0.2, 0.25) is 0 Å². The molecule has 2 heterocycles. The van der Waals surface area contributed by atoms with E-state index in [0.717, 1.165) is 31.3 Å². The van der Waals surface area contributed by atoms with Gasteiger partial charge in [-0.1, -0.05) is 5.92 Å². The van der Waals surface area contributed by atoms with Crippen molar-refractivity contribution >= 4 is 32.6 Å². The number of fused-ring (bicyclic) bond motifs is 1. The Labute approximate surface area is 194 Å². The minimum atomic E-state index is -3.74. The fourth-order valence-electron chi connectivity index (χ4n) is 3.88. The third kappa shape index (κ3) is 5.42. The summed E-state index contributed by atoms with van der Waals surface area (Å²) in [6, 6.07) is 10.3. The highest BCUT2D eigenvalue weighted by atomic mass is 32.2. The molecule has 0 saturated carbocycles. The summed E-state index contributed by atoms with van der Waals surface area (Å²) in [6.07, 6.45) is 9.44. The van der Waals surface area contributed by atoms with Crippen LogP contribution in [0.15, 0.2) is 47.5 Å². The van der Waals surface area contributed by atoms with Crippen molar-refractivity contribution in [1.82, 2.24) is 14.9 Å². The minimum absolute atomic E-state index is 0.0373. The van der Waals surface area contributed by atoms with E-state index in [1.807, 2.05) is 12.1 Å². The van der Waals surface area contributed by atoms with E-state index in [9.17, 15) is 8.42 Å². The lowest BCUT2D eigenvalue weighted by molar-refractivity contribution is 0.0842. The summed E-state index contributed by atoms with van der Waals surface area (Å²) in [5.74, 6) is 3.73. The van der Waals surface area contributed by atoms with E-state index in [0.29, 0.717) is 34.5 Å². The van der Waals surface area contributed by atoms with E-state index in [-0.39, 0.29) is 11.0 Å². The quantitative estimate of drug-likeness (QED) is 0.538. The van der Waals surface area contributed by atoms with Gasteiger partial charge in [-0.2, -0.15) is 0 Å². The maximum Gasteiger partial charge on any atom is 0.238 e. The zero-order valence-corrected chi connectivity index (χ0v) is 19.5. The third-order valence-corrected chi connectivity index (χ3v) is 6.71. The maximum absolute atomic E-state index is 11.4. The van der Waals surface area contributed by atoms with Crippen LogP contribution in [-0.2, 0) is 10.0 Å². The van der Waals surface area contributed by atoms with Crippen molar-refractivity contribution < 1.29 is 13.2 Å². The number of anilines is 2. The number of primary sulfonamides is 1. The van der Waals surface area contributed by atoms with Crippen molar-refractivity contribution in [2.45, 2.75) is 43.7 Å². The molecule has 0 bridgehead atoms. The van der Waals surface area contributed by atoms with Gasteiger partial charge in [0.15, 0.2) is 0 Å². The van der Waals surface area contributed by atoms with Gasteiger partial charge in [-0.3, -0.25) is 0 Å². The van der Waals surface area contributed by atoms with Crippen LogP contribution in [0.3, 0.4) is 0 Å². The molecule has 3 N–H and O–H groups in total. The molecule has 1 aliphatic rings. The van der Waals surface area contributed by atoms with Crippen LogP contribution in [-0.4, -0.2) is 48.5 Å². The SMILES string of the molecule is C#Cc1cc2cnc(Nc3ccc(S(N)(=O)=O)cc3)nc2cc1OC1CCN(C(C)C)CC1. The molecule has 8 nitrogen and oxygen atoms in total. The summed E-state index contributed by atoms with van der Waals surface area (Å²) in [5.41, 5.74) is 2.01. The number of hydrogen-bond acceptors (Lipinski definition) is 7. The van der Waals surface area contributed by atoms with Crippen molar-refractivity contribution in [3.8, 4) is 18.1 Å². The van der Waals surface area contributed by atoms with E-state index >= 15 is 0 Å². The number of piperidine rings is 1. The number of aromatic nitrogens is 2. The van der Waals surface area contributed by atoms with E-state index in [1.165, 1.54) is 12.1 Å². The average molecular weight is 466 g/mol. The molecule has 1 aromatic heterocycles. The molecule has 172 valence electrons. The molecule has 0 radical (unpaired) electrons. The zero-order valence-electron chi connectivity index (χ0n) is 18.7. The van der Waals surface area contributed by atoms with Crippen LogP contribution >= 0.6 is 0 Å². The molecule has 0 unspecified atom stereocenters. The van der Waals surface area contributed by atoms with Crippen molar-refractivity contribution in [3.05, 3.63) is 48.2 Å². The van der Waals surface area contributed by atoms with Crippen LogP contribution in [0.1, 0.15) is 32.3 Å². The van der Waals surface area contributed by atoms with Gasteiger partial charge in [0.1, 0.15) is 11.9 Å². The Morgan fingerprint density at radius 3 is 2.52 bits per heavy atom. The van der Waals surface area contributed by atoms with Gasteiger partial charge in [0, 0.05) is 42.5 Å².